The van der Waals surface area contributed by atoms with E-state index in [-0.39, 0.29) is 6.54 Å². The van der Waals surface area contributed by atoms with Gasteiger partial charge < -0.3 is 9.47 Å². The van der Waals surface area contributed by atoms with Gasteiger partial charge in [0.15, 0.2) is 0 Å². The number of unbranched alkanes of at least 4 members (excludes halogenated alkanes) is 3. The van der Waals surface area contributed by atoms with E-state index in [1.54, 1.807) is 6.08 Å². The lowest BCUT2D eigenvalue weighted by Crippen LogP contribution is -2.44. The van der Waals surface area contributed by atoms with Crippen LogP contribution in [0.1, 0.15) is 32.6 Å². The zero-order valence-electron chi connectivity index (χ0n) is 13.6. The van der Waals surface area contributed by atoms with Gasteiger partial charge in [-0.1, -0.05) is 25.8 Å². The molecule has 1 saturated heterocycles. The summed E-state index contributed by atoms with van der Waals surface area (Å²) in [6, 6.07) is 0. The Morgan fingerprint density at radius 3 is 2.65 bits per heavy atom. The van der Waals surface area contributed by atoms with E-state index >= 15 is 0 Å². The van der Waals surface area contributed by atoms with Crippen LogP contribution < -0.4 is 0 Å². The van der Waals surface area contributed by atoms with Crippen molar-refractivity contribution in [3.63, 3.8) is 0 Å². The van der Waals surface area contributed by atoms with Crippen molar-refractivity contribution in [1.82, 2.24) is 4.90 Å². The van der Waals surface area contributed by atoms with Crippen molar-refractivity contribution in [2.24, 2.45) is 0 Å². The van der Waals surface area contributed by atoms with Crippen molar-refractivity contribution in [1.29, 1.82) is 0 Å². The van der Waals surface area contributed by atoms with Gasteiger partial charge in [0, 0.05) is 25.7 Å². The lowest BCUT2D eigenvalue weighted by molar-refractivity contribution is -0.143. The molecule has 7 nitrogen and oxygen atoms in total. The van der Waals surface area contributed by atoms with Crippen LogP contribution in [0, 0.1) is 0 Å². The number of nitrogens with zero attached hydrogens (tertiary/aromatic N) is 1. The van der Waals surface area contributed by atoms with E-state index < -0.39 is 27.9 Å². The number of allylic oxidation sites excluding steroid dienone is 1. The maximum absolute atomic E-state index is 11.8. The molecule has 8 heteroatoms. The molecule has 23 heavy (non-hydrogen) atoms. The highest BCUT2D eigenvalue weighted by molar-refractivity contribution is 7.85. The normalized spacial score (nSPS) is 18.2. The van der Waals surface area contributed by atoms with Crippen molar-refractivity contribution in [2.75, 3.05) is 38.6 Å². The second-order valence-electron chi connectivity index (χ2n) is 5.62. The van der Waals surface area contributed by atoms with Crippen LogP contribution in [-0.4, -0.2) is 68.5 Å². The van der Waals surface area contributed by atoms with Gasteiger partial charge in [-0.15, -0.1) is 0 Å². The number of rotatable bonds is 10. The average molecular weight is 349 g/mol. The molecule has 0 bridgehead atoms. The van der Waals surface area contributed by atoms with Crippen LogP contribution in [0.25, 0.3) is 0 Å². The number of ether oxygens (including phenoxy) is 2. The first-order valence-electron chi connectivity index (χ1n) is 8.03. The lowest BCUT2D eigenvalue weighted by atomic mass is 10.2. The molecule has 1 atom stereocenters. The lowest BCUT2D eigenvalue weighted by Gasteiger charge is -2.29. The van der Waals surface area contributed by atoms with E-state index in [1.165, 1.54) is 6.08 Å². The maximum Gasteiger partial charge on any atom is 0.330 e. The summed E-state index contributed by atoms with van der Waals surface area (Å²) >= 11 is 0. The fraction of sp³-hybridized carbons (Fsp3) is 0.800. The zero-order chi connectivity index (χ0) is 17.1. The molecule has 1 N–H and O–H groups in total. The summed E-state index contributed by atoms with van der Waals surface area (Å²) in [4.78, 5) is 13.7. The molecule has 1 heterocycles. The minimum atomic E-state index is -4.21. The first-order valence-corrected chi connectivity index (χ1v) is 9.64. The number of hydrogen-bond acceptors (Lipinski definition) is 6. The second kappa shape index (κ2) is 10.7. The predicted octanol–water partition coefficient (Wildman–Crippen LogP) is 1.25. The van der Waals surface area contributed by atoms with Gasteiger partial charge in [0.25, 0.3) is 10.1 Å². The quantitative estimate of drug-likeness (QED) is 0.275. The van der Waals surface area contributed by atoms with Crippen LogP contribution in [-0.2, 0) is 24.4 Å². The largest absolute Gasteiger partial charge is 0.457 e. The van der Waals surface area contributed by atoms with Crippen molar-refractivity contribution < 1.29 is 27.2 Å². The summed E-state index contributed by atoms with van der Waals surface area (Å²) in [5.74, 6) is -1.18. The molecule has 1 rings (SSSR count). The molecular formula is C15H27NO6S. The van der Waals surface area contributed by atoms with Gasteiger partial charge in [-0.25, -0.2) is 4.79 Å². The minimum absolute atomic E-state index is 0.262. The van der Waals surface area contributed by atoms with Crippen LogP contribution in [0.2, 0.25) is 0 Å². The van der Waals surface area contributed by atoms with Crippen LogP contribution in [0.3, 0.4) is 0 Å². The van der Waals surface area contributed by atoms with E-state index in [9.17, 15) is 13.2 Å². The average Bonchev–Trinajstić information content (AvgIpc) is 2.46. The summed E-state index contributed by atoms with van der Waals surface area (Å²) in [5, 5.41) is 0. The molecule has 0 aliphatic carbocycles. The number of hydrogen-bond donors (Lipinski definition) is 1. The Hall–Kier alpha value is -0.960. The topological polar surface area (TPSA) is 93.1 Å². The Morgan fingerprint density at radius 1 is 1.35 bits per heavy atom. The molecule has 1 fully saturated rings. The van der Waals surface area contributed by atoms with E-state index in [0.29, 0.717) is 26.3 Å². The summed E-state index contributed by atoms with van der Waals surface area (Å²) in [6.45, 7) is 4.77. The smallest absolute Gasteiger partial charge is 0.330 e. The fourth-order valence-electron chi connectivity index (χ4n) is 2.33. The molecule has 0 aromatic heterocycles. The minimum Gasteiger partial charge on any atom is -0.457 e. The number of carbonyl (C=O) groups is 1. The second-order valence-corrected chi connectivity index (χ2v) is 7.12. The van der Waals surface area contributed by atoms with Gasteiger partial charge in [0.2, 0.25) is 0 Å². The molecule has 0 radical (unpaired) electrons. The molecular weight excluding hydrogens is 322 g/mol. The Morgan fingerprint density at radius 2 is 2.04 bits per heavy atom. The van der Waals surface area contributed by atoms with Gasteiger partial charge >= 0.3 is 5.97 Å². The maximum atomic E-state index is 11.8. The van der Waals surface area contributed by atoms with Gasteiger partial charge in [-0.3, -0.25) is 9.45 Å². The summed E-state index contributed by atoms with van der Waals surface area (Å²) < 4.78 is 41.6. The van der Waals surface area contributed by atoms with E-state index in [4.69, 9.17) is 14.0 Å². The Bertz CT molecular complexity index is 470. The third-order valence-corrected chi connectivity index (χ3v) is 4.27. The van der Waals surface area contributed by atoms with Gasteiger partial charge in [-0.05, 0) is 12.8 Å². The van der Waals surface area contributed by atoms with Crippen LogP contribution >= 0.6 is 0 Å². The van der Waals surface area contributed by atoms with Crippen molar-refractivity contribution >= 4 is 16.1 Å². The third-order valence-electron chi connectivity index (χ3n) is 3.47. The van der Waals surface area contributed by atoms with Gasteiger partial charge in [0.1, 0.15) is 11.9 Å². The summed E-state index contributed by atoms with van der Waals surface area (Å²) in [5.41, 5.74) is 0. The highest BCUT2D eigenvalue weighted by Crippen LogP contribution is 2.06. The molecule has 0 aromatic carbocycles. The van der Waals surface area contributed by atoms with E-state index in [1.807, 2.05) is 4.90 Å². The predicted molar refractivity (Wildman–Crippen MR) is 86.8 cm³/mol. The number of carbonyl (C=O) groups excluding carboxylic acids is 1. The first kappa shape index (κ1) is 20.1. The van der Waals surface area contributed by atoms with Crippen molar-refractivity contribution in [3.05, 3.63) is 12.2 Å². The van der Waals surface area contributed by atoms with Crippen LogP contribution in [0.15, 0.2) is 12.2 Å². The fourth-order valence-corrected chi connectivity index (χ4v) is 2.97. The Balaban J connectivity index is 2.48. The van der Waals surface area contributed by atoms with Crippen LogP contribution in [0.4, 0.5) is 0 Å². The first-order chi connectivity index (χ1) is 10.9. The highest BCUT2D eigenvalue weighted by atomic mass is 32.2. The molecule has 1 aliphatic heterocycles. The molecule has 1 unspecified atom stereocenters. The molecule has 0 amide bonds. The third kappa shape index (κ3) is 10.4. The van der Waals surface area contributed by atoms with E-state index in [2.05, 4.69) is 6.92 Å². The molecule has 0 aromatic rings. The summed E-state index contributed by atoms with van der Waals surface area (Å²) in [6.07, 6.45) is 6.16. The van der Waals surface area contributed by atoms with E-state index in [0.717, 1.165) is 25.7 Å². The zero-order valence-corrected chi connectivity index (χ0v) is 14.5. The molecule has 0 saturated carbocycles. The standard InChI is InChI=1S/C15H27NO6S/c1-2-3-4-5-6-7-15(17)22-14(13-23(18,19)20)12-16-8-10-21-11-9-16/h6-7,14H,2-5,8-13H2,1H3,(H,18,19,20)/b7-6+. The van der Waals surface area contributed by atoms with Crippen LogP contribution in [0.5, 0.6) is 0 Å². The molecule has 1 aliphatic rings. The monoisotopic (exact) mass is 349 g/mol. The van der Waals surface area contributed by atoms with Crippen molar-refractivity contribution in [2.45, 2.75) is 38.7 Å². The summed E-state index contributed by atoms with van der Waals surface area (Å²) in [7, 11) is -4.21. The van der Waals surface area contributed by atoms with Gasteiger partial charge in [-0.2, -0.15) is 8.42 Å². The number of esters is 1. The van der Waals surface area contributed by atoms with Gasteiger partial charge in [0.05, 0.1) is 13.2 Å². The Kier molecular flexibility index (Phi) is 9.39. The van der Waals surface area contributed by atoms with Crippen molar-refractivity contribution in [3.8, 4) is 0 Å². The highest BCUT2D eigenvalue weighted by Gasteiger charge is 2.24. The Labute approximate surface area is 138 Å². The molecule has 0 spiro atoms. The number of morpholine rings is 1. The SMILES string of the molecule is CCCCC/C=C/C(=O)OC(CN1CCOCC1)CS(=O)(=O)O. The molecule has 134 valence electrons.